The number of aromatic nitrogens is 2. The van der Waals surface area contributed by atoms with Gasteiger partial charge < -0.3 is 25.2 Å². The third kappa shape index (κ3) is 2.83. The van der Waals surface area contributed by atoms with Crippen molar-refractivity contribution < 1.29 is 14.6 Å². The van der Waals surface area contributed by atoms with Gasteiger partial charge in [-0.3, -0.25) is 0 Å². The van der Waals surface area contributed by atoms with Gasteiger partial charge in [-0.2, -0.15) is 0 Å². The summed E-state index contributed by atoms with van der Waals surface area (Å²) < 4.78 is 10.8. The minimum atomic E-state index is 0.196. The van der Waals surface area contributed by atoms with Crippen LogP contribution in [0.3, 0.4) is 0 Å². The van der Waals surface area contributed by atoms with Crippen LogP contribution in [0.15, 0.2) is 6.33 Å². The van der Waals surface area contributed by atoms with E-state index in [1.807, 2.05) is 0 Å². The van der Waals surface area contributed by atoms with Crippen LogP contribution in [0.1, 0.15) is 12.8 Å². The second-order valence-electron chi connectivity index (χ2n) is 6.08. The first-order valence-electron chi connectivity index (χ1n) is 7.82. The molecular weight excluding hydrogens is 284 g/mol. The quantitative estimate of drug-likeness (QED) is 0.838. The summed E-state index contributed by atoms with van der Waals surface area (Å²) in [5, 5.41) is 9.77. The number of rotatable bonds is 4. The Bertz CT molecular complexity index is 508. The lowest BCUT2D eigenvalue weighted by Gasteiger charge is -2.30. The first-order valence-corrected chi connectivity index (χ1v) is 7.82. The van der Waals surface area contributed by atoms with Crippen molar-refractivity contribution in [3.63, 3.8) is 0 Å². The summed E-state index contributed by atoms with van der Waals surface area (Å²) >= 11 is 0. The summed E-state index contributed by atoms with van der Waals surface area (Å²) in [5.41, 5.74) is 5.88. The van der Waals surface area contributed by atoms with Crippen molar-refractivity contribution >= 4 is 11.6 Å². The molecular formula is C15H24N4O3. The van der Waals surface area contributed by atoms with Gasteiger partial charge in [0, 0.05) is 38.8 Å². The molecule has 0 amide bonds. The van der Waals surface area contributed by atoms with Crippen LogP contribution in [0.25, 0.3) is 0 Å². The Morgan fingerprint density at radius 1 is 1.36 bits per heavy atom. The zero-order valence-corrected chi connectivity index (χ0v) is 12.9. The van der Waals surface area contributed by atoms with E-state index in [-0.39, 0.29) is 12.5 Å². The average Bonchev–Trinajstić information content (AvgIpc) is 2.99. The number of aliphatic hydroxyl groups excluding tert-OH is 1. The second-order valence-corrected chi connectivity index (χ2v) is 6.08. The van der Waals surface area contributed by atoms with E-state index in [1.54, 1.807) is 7.11 Å². The Morgan fingerprint density at radius 3 is 2.82 bits per heavy atom. The van der Waals surface area contributed by atoms with E-state index in [0.717, 1.165) is 45.0 Å². The molecule has 0 saturated carbocycles. The summed E-state index contributed by atoms with van der Waals surface area (Å²) in [6, 6.07) is 0. The number of hydrogen-bond donors (Lipinski definition) is 2. The van der Waals surface area contributed by atoms with Crippen LogP contribution in [0.5, 0.6) is 5.75 Å². The van der Waals surface area contributed by atoms with Crippen molar-refractivity contribution in [2.24, 2.45) is 17.8 Å². The molecule has 1 aromatic heterocycles. The Hall–Kier alpha value is -1.60. The molecule has 22 heavy (non-hydrogen) atoms. The molecule has 7 heteroatoms. The SMILES string of the molecule is COc1c(N)ncnc1N1C[C@@H](CO)[C@H](C2CCOCC2)C1. The van der Waals surface area contributed by atoms with Gasteiger partial charge in [0.15, 0.2) is 11.6 Å². The van der Waals surface area contributed by atoms with Crippen LogP contribution in [0.2, 0.25) is 0 Å². The average molecular weight is 308 g/mol. The van der Waals surface area contributed by atoms with E-state index in [1.165, 1.54) is 6.33 Å². The highest BCUT2D eigenvalue weighted by Gasteiger charge is 2.39. The normalized spacial score (nSPS) is 26.4. The molecule has 1 aromatic rings. The molecule has 0 aromatic carbocycles. The maximum Gasteiger partial charge on any atom is 0.204 e. The Kier molecular flexibility index (Phi) is 4.63. The predicted octanol–water partition coefficient (Wildman–Crippen LogP) is 0.539. The number of anilines is 2. The lowest BCUT2D eigenvalue weighted by Crippen LogP contribution is -2.30. The topological polar surface area (TPSA) is 93.7 Å². The van der Waals surface area contributed by atoms with Gasteiger partial charge in [0.1, 0.15) is 6.33 Å². The minimum Gasteiger partial charge on any atom is -0.490 e. The van der Waals surface area contributed by atoms with Crippen LogP contribution in [0.4, 0.5) is 11.6 Å². The Morgan fingerprint density at radius 2 is 2.14 bits per heavy atom. The molecule has 2 saturated heterocycles. The highest BCUT2D eigenvalue weighted by atomic mass is 16.5. The monoisotopic (exact) mass is 308 g/mol. The first kappa shape index (κ1) is 15.3. The maximum atomic E-state index is 9.77. The van der Waals surface area contributed by atoms with E-state index in [4.69, 9.17) is 15.2 Å². The van der Waals surface area contributed by atoms with Crippen molar-refractivity contribution in [3.8, 4) is 5.75 Å². The molecule has 2 atom stereocenters. The van der Waals surface area contributed by atoms with Gasteiger partial charge in [0.2, 0.25) is 5.75 Å². The molecule has 0 aliphatic carbocycles. The maximum absolute atomic E-state index is 9.77. The van der Waals surface area contributed by atoms with E-state index in [9.17, 15) is 5.11 Å². The van der Waals surface area contributed by atoms with Gasteiger partial charge in [-0.25, -0.2) is 9.97 Å². The number of hydrogen-bond acceptors (Lipinski definition) is 7. The summed E-state index contributed by atoms with van der Waals surface area (Å²) in [7, 11) is 1.58. The van der Waals surface area contributed by atoms with E-state index < -0.39 is 0 Å². The Balaban J connectivity index is 1.80. The smallest absolute Gasteiger partial charge is 0.204 e. The molecule has 2 fully saturated rings. The number of ether oxygens (including phenoxy) is 2. The van der Waals surface area contributed by atoms with Crippen molar-refractivity contribution in [2.45, 2.75) is 12.8 Å². The van der Waals surface area contributed by atoms with Gasteiger partial charge >= 0.3 is 0 Å². The number of aliphatic hydroxyl groups is 1. The number of nitrogen functional groups attached to an aromatic ring is 1. The van der Waals surface area contributed by atoms with Gasteiger partial charge in [-0.15, -0.1) is 0 Å². The lowest BCUT2D eigenvalue weighted by molar-refractivity contribution is 0.0361. The molecule has 0 spiro atoms. The third-order valence-corrected chi connectivity index (χ3v) is 4.91. The molecule has 3 rings (SSSR count). The number of nitrogens with two attached hydrogens (primary N) is 1. The highest BCUT2D eigenvalue weighted by Crippen LogP contribution is 2.39. The molecule has 3 N–H and O–H groups in total. The van der Waals surface area contributed by atoms with Crippen LogP contribution in [0, 0.1) is 17.8 Å². The molecule has 2 aliphatic heterocycles. The van der Waals surface area contributed by atoms with Crippen molar-refractivity contribution in [2.75, 3.05) is 50.7 Å². The van der Waals surface area contributed by atoms with E-state index in [2.05, 4.69) is 14.9 Å². The standard InChI is InChI=1S/C15H24N4O3/c1-21-13-14(16)17-9-18-15(13)19-6-11(8-20)12(7-19)10-2-4-22-5-3-10/h9-12,20H,2-8H2,1H3,(H2,16,17,18)/t11-,12-/m0/s1. The summed E-state index contributed by atoms with van der Waals surface area (Å²) in [6.07, 6.45) is 3.60. The fraction of sp³-hybridized carbons (Fsp3) is 0.733. The molecule has 3 heterocycles. The van der Waals surface area contributed by atoms with Crippen LogP contribution in [-0.4, -0.2) is 55.1 Å². The van der Waals surface area contributed by atoms with Gasteiger partial charge in [-0.1, -0.05) is 0 Å². The zero-order valence-electron chi connectivity index (χ0n) is 12.9. The minimum absolute atomic E-state index is 0.196. The molecule has 0 radical (unpaired) electrons. The molecule has 0 unspecified atom stereocenters. The first-order chi connectivity index (χ1) is 10.7. The summed E-state index contributed by atoms with van der Waals surface area (Å²) in [5.74, 6) is 2.90. The lowest BCUT2D eigenvalue weighted by atomic mass is 9.80. The second kappa shape index (κ2) is 6.66. The van der Waals surface area contributed by atoms with Crippen LogP contribution < -0.4 is 15.4 Å². The Labute approximate surface area is 130 Å². The van der Waals surface area contributed by atoms with E-state index in [0.29, 0.717) is 23.4 Å². The molecule has 122 valence electrons. The number of methoxy groups -OCH3 is 1. The van der Waals surface area contributed by atoms with Crippen LogP contribution >= 0.6 is 0 Å². The van der Waals surface area contributed by atoms with Gasteiger partial charge in [-0.05, 0) is 24.7 Å². The highest BCUT2D eigenvalue weighted by molar-refractivity contribution is 5.63. The number of nitrogens with zero attached hydrogens (tertiary/aromatic N) is 3. The molecule has 7 nitrogen and oxygen atoms in total. The zero-order chi connectivity index (χ0) is 15.5. The van der Waals surface area contributed by atoms with Crippen molar-refractivity contribution in [3.05, 3.63) is 6.33 Å². The largest absolute Gasteiger partial charge is 0.490 e. The summed E-state index contributed by atoms with van der Waals surface area (Å²) in [4.78, 5) is 10.5. The van der Waals surface area contributed by atoms with Crippen molar-refractivity contribution in [1.82, 2.24) is 9.97 Å². The molecule has 2 aliphatic rings. The van der Waals surface area contributed by atoms with Crippen molar-refractivity contribution in [1.29, 1.82) is 0 Å². The summed E-state index contributed by atoms with van der Waals surface area (Å²) in [6.45, 7) is 3.47. The molecule has 0 bridgehead atoms. The van der Waals surface area contributed by atoms with Crippen LogP contribution in [-0.2, 0) is 4.74 Å². The van der Waals surface area contributed by atoms with Gasteiger partial charge in [0.05, 0.1) is 7.11 Å². The third-order valence-electron chi connectivity index (χ3n) is 4.91. The van der Waals surface area contributed by atoms with Gasteiger partial charge in [0.25, 0.3) is 0 Å². The fourth-order valence-electron chi connectivity index (χ4n) is 3.74. The van der Waals surface area contributed by atoms with E-state index >= 15 is 0 Å². The fourth-order valence-corrected chi connectivity index (χ4v) is 3.74. The predicted molar refractivity (Wildman–Crippen MR) is 82.8 cm³/mol.